The zero-order valence-corrected chi connectivity index (χ0v) is 11.3. The van der Waals surface area contributed by atoms with Gasteiger partial charge in [-0.15, -0.1) is 0 Å². The van der Waals surface area contributed by atoms with Crippen LogP contribution in [0.25, 0.3) is 0 Å². The van der Waals surface area contributed by atoms with E-state index >= 15 is 0 Å². The summed E-state index contributed by atoms with van der Waals surface area (Å²) >= 11 is 0. The van der Waals surface area contributed by atoms with Crippen molar-refractivity contribution in [2.24, 2.45) is 0 Å². The molecule has 20 heavy (non-hydrogen) atoms. The van der Waals surface area contributed by atoms with E-state index < -0.39 is 37.4 Å². The molecule has 1 aromatic carbocycles. The van der Waals surface area contributed by atoms with Crippen molar-refractivity contribution in [1.82, 2.24) is 0 Å². The van der Waals surface area contributed by atoms with Crippen LogP contribution in [0.2, 0.25) is 0 Å². The third-order valence-corrected chi connectivity index (χ3v) is 3.77. The minimum atomic E-state index is -5.51. The summed E-state index contributed by atoms with van der Waals surface area (Å²) < 4.78 is 98.8. The third kappa shape index (κ3) is 3.57. The van der Waals surface area contributed by atoms with E-state index in [1.54, 1.807) is 0 Å². The van der Waals surface area contributed by atoms with Crippen molar-refractivity contribution in [2.75, 3.05) is 0 Å². The SMILES string of the molecule is CCc1cc(C(F)(F)F)c(C(F)(F)F)c(S(=O)(=O)Cl)c1. The highest BCUT2D eigenvalue weighted by atomic mass is 35.7. The Hall–Kier alpha value is -0.960. The van der Waals surface area contributed by atoms with Gasteiger partial charge in [-0.2, -0.15) is 26.3 Å². The van der Waals surface area contributed by atoms with E-state index in [2.05, 4.69) is 0 Å². The van der Waals surface area contributed by atoms with Gasteiger partial charge in [0.2, 0.25) is 0 Å². The predicted molar refractivity (Wildman–Crippen MR) is 58.9 cm³/mol. The summed E-state index contributed by atoms with van der Waals surface area (Å²) in [6, 6.07) is 0.773. The molecule has 2 nitrogen and oxygen atoms in total. The van der Waals surface area contributed by atoms with Gasteiger partial charge in [-0.3, -0.25) is 0 Å². The van der Waals surface area contributed by atoms with Gasteiger partial charge < -0.3 is 0 Å². The van der Waals surface area contributed by atoms with Crippen LogP contribution in [-0.4, -0.2) is 8.42 Å². The highest BCUT2D eigenvalue weighted by Gasteiger charge is 2.47. The van der Waals surface area contributed by atoms with Crippen LogP contribution in [0, 0.1) is 0 Å². The minimum Gasteiger partial charge on any atom is -0.207 e. The number of halogens is 7. The first-order valence-electron chi connectivity index (χ1n) is 5.04. The lowest BCUT2D eigenvalue weighted by atomic mass is 10.0. The molecule has 0 amide bonds. The van der Waals surface area contributed by atoms with E-state index in [1.165, 1.54) is 6.92 Å². The quantitative estimate of drug-likeness (QED) is 0.597. The fourth-order valence-corrected chi connectivity index (χ4v) is 2.71. The normalized spacial score (nSPS) is 13.6. The average Bonchev–Trinajstić information content (AvgIpc) is 2.23. The molecule has 0 radical (unpaired) electrons. The lowest BCUT2D eigenvalue weighted by Gasteiger charge is -2.19. The fourth-order valence-electron chi connectivity index (χ4n) is 1.58. The molecule has 0 aliphatic carbocycles. The van der Waals surface area contributed by atoms with Gasteiger partial charge in [-0.1, -0.05) is 6.92 Å². The Morgan fingerprint density at radius 3 is 1.85 bits per heavy atom. The first-order chi connectivity index (χ1) is 8.78. The van der Waals surface area contributed by atoms with Crippen molar-refractivity contribution in [3.8, 4) is 0 Å². The van der Waals surface area contributed by atoms with Gasteiger partial charge in [0, 0.05) is 10.7 Å². The maximum absolute atomic E-state index is 12.8. The van der Waals surface area contributed by atoms with Gasteiger partial charge >= 0.3 is 12.4 Å². The van der Waals surface area contributed by atoms with E-state index in [1.807, 2.05) is 0 Å². The van der Waals surface area contributed by atoms with Gasteiger partial charge in [0.1, 0.15) is 0 Å². The van der Waals surface area contributed by atoms with Crippen molar-refractivity contribution in [3.63, 3.8) is 0 Å². The van der Waals surface area contributed by atoms with Crippen LogP contribution in [0.1, 0.15) is 23.6 Å². The van der Waals surface area contributed by atoms with Crippen molar-refractivity contribution in [1.29, 1.82) is 0 Å². The second-order valence-corrected chi connectivity index (χ2v) is 6.34. The molecule has 0 N–H and O–H groups in total. The Bertz CT molecular complexity index is 618. The molecule has 0 bridgehead atoms. The Morgan fingerprint density at radius 2 is 1.55 bits per heavy atom. The molecule has 0 saturated heterocycles. The Balaban J connectivity index is 3.93. The van der Waals surface area contributed by atoms with Crippen LogP contribution in [0.3, 0.4) is 0 Å². The molecule has 0 fully saturated rings. The van der Waals surface area contributed by atoms with Crippen LogP contribution in [0.5, 0.6) is 0 Å². The first kappa shape index (κ1) is 17.1. The number of alkyl halides is 6. The summed E-state index contributed by atoms with van der Waals surface area (Å²) in [6.45, 7) is 1.37. The second-order valence-electron chi connectivity index (χ2n) is 3.80. The van der Waals surface area contributed by atoms with Crippen LogP contribution < -0.4 is 0 Å². The average molecular weight is 341 g/mol. The van der Waals surface area contributed by atoms with E-state index in [-0.39, 0.29) is 18.1 Å². The molecular weight excluding hydrogens is 334 g/mol. The first-order valence-corrected chi connectivity index (χ1v) is 7.35. The van der Waals surface area contributed by atoms with Crippen molar-refractivity contribution in [2.45, 2.75) is 30.6 Å². The largest absolute Gasteiger partial charge is 0.418 e. The molecule has 0 heterocycles. The van der Waals surface area contributed by atoms with Crippen molar-refractivity contribution < 1.29 is 34.8 Å². The molecule has 0 aliphatic rings. The lowest BCUT2D eigenvalue weighted by Crippen LogP contribution is -2.20. The lowest BCUT2D eigenvalue weighted by molar-refractivity contribution is -0.163. The maximum atomic E-state index is 12.8. The number of hydrogen-bond donors (Lipinski definition) is 0. The molecular formula is C10H7ClF6O2S. The van der Waals surface area contributed by atoms with Gasteiger partial charge in [0.15, 0.2) is 0 Å². The Morgan fingerprint density at radius 1 is 1.05 bits per heavy atom. The zero-order chi connectivity index (χ0) is 15.9. The maximum Gasteiger partial charge on any atom is 0.418 e. The highest BCUT2D eigenvalue weighted by molar-refractivity contribution is 8.13. The number of rotatable bonds is 2. The highest BCUT2D eigenvalue weighted by Crippen LogP contribution is 2.44. The van der Waals surface area contributed by atoms with Gasteiger partial charge in [-0.05, 0) is 24.1 Å². The standard InChI is InChI=1S/C10H7ClF6O2S/c1-2-5-3-6(9(12,13)14)8(10(15,16)17)7(4-5)20(11,18)19/h3-4H,2H2,1H3. The molecule has 10 heteroatoms. The molecule has 0 spiro atoms. The summed E-state index contributed by atoms with van der Waals surface area (Å²) in [4.78, 5) is -1.58. The fraction of sp³-hybridized carbons (Fsp3) is 0.400. The summed E-state index contributed by atoms with van der Waals surface area (Å²) in [5, 5.41) is 0. The van der Waals surface area contributed by atoms with E-state index in [0.29, 0.717) is 6.07 Å². The summed E-state index contributed by atoms with van der Waals surface area (Å²) in [5.74, 6) is 0. The molecule has 0 atom stereocenters. The van der Waals surface area contributed by atoms with Gasteiger partial charge in [0.05, 0.1) is 16.0 Å². The molecule has 0 aliphatic heterocycles. The van der Waals surface area contributed by atoms with E-state index in [9.17, 15) is 34.8 Å². The molecule has 1 rings (SSSR count). The predicted octanol–water partition coefficient (Wildman–Crippen LogP) is 4.21. The zero-order valence-electron chi connectivity index (χ0n) is 9.73. The van der Waals surface area contributed by atoms with Gasteiger partial charge in [-0.25, -0.2) is 8.42 Å². The number of aryl methyl sites for hydroxylation is 1. The molecule has 1 aromatic rings. The Kier molecular flexibility index (Phi) is 4.36. The molecule has 0 unspecified atom stereocenters. The van der Waals surface area contributed by atoms with Gasteiger partial charge in [0.25, 0.3) is 9.05 Å². The molecule has 0 aromatic heterocycles. The number of benzene rings is 1. The monoisotopic (exact) mass is 340 g/mol. The van der Waals surface area contributed by atoms with Crippen LogP contribution in [0.15, 0.2) is 17.0 Å². The van der Waals surface area contributed by atoms with Crippen LogP contribution in [0.4, 0.5) is 26.3 Å². The smallest absolute Gasteiger partial charge is 0.207 e. The summed E-state index contributed by atoms with van der Waals surface area (Å²) in [7, 11) is -0.154. The van der Waals surface area contributed by atoms with Crippen molar-refractivity contribution in [3.05, 3.63) is 28.8 Å². The minimum absolute atomic E-state index is 0.0827. The second kappa shape index (κ2) is 5.10. The topological polar surface area (TPSA) is 34.1 Å². The third-order valence-electron chi connectivity index (χ3n) is 2.42. The summed E-state index contributed by atoms with van der Waals surface area (Å²) in [6.07, 6.45) is -10.9. The summed E-state index contributed by atoms with van der Waals surface area (Å²) in [5.41, 5.74) is -4.58. The van der Waals surface area contributed by atoms with Crippen molar-refractivity contribution >= 4 is 19.7 Å². The Labute approximate surface area is 114 Å². The van der Waals surface area contributed by atoms with Crippen LogP contribution in [-0.2, 0) is 27.8 Å². The van der Waals surface area contributed by atoms with Crippen LogP contribution >= 0.6 is 10.7 Å². The molecule has 114 valence electrons. The molecule has 0 saturated carbocycles. The van der Waals surface area contributed by atoms with E-state index in [4.69, 9.17) is 10.7 Å². The van der Waals surface area contributed by atoms with E-state index in [0.717, 1.165) is 0 Å². The number of hydrogen-bond acceptors (Lipinski definition) is 2.